The number of anilines is 1. The molecular formula is C17H21N3O2. The van der Waals surface area contributed by atoms with Crippen molar-refractivity contribution >= 4 is 22.6 Å². The summed E-state index contributed by atoms with van der Waals surface area (Å²) in [4.78, 5) is 18.7. The molecule has 0 spiro atoms. The lowest BCUT2D eigenvalue weighted by Crippen LogP contribution is -2.45. The fraction of sp³-hybridized carbons (Fsp3) is 0.412. The molecule has 0 bridgehead atoms. The summed E-state index contributed by atoms with van der Waals surface area (Å²) in [5, 5.41) is 4.01. The van der Waals surface area contributed by atoms with E-state index in [2.05, 4.69) is 10.3 Å². The normalized spacial score (nSPS) is 18.4. The largest absolute Gasteiger partial charge is 0.377 e. The van der Waals surface area contributed by atoms with Gasteiger partial charge in [0.05, 0.1) is 17.3 Å². The van der Waals surface area contributed by atoms with Gasteiger partial charge in [0.15, 0.2) is 0 Å². The Morgan fingerprint density at radius 2 is 2.27 bits per heavy atom. The number of carbonyl (C=O) groups is 1. The first-order valence-electron chi connectivity index (χ1n) is 7.79. The number of nitrogens with one attached hydrogen (secondary N) is 1. The van der Waals surface area contributed by atoms with Crippen LogP contribution in [0.3, 0.4) is 0 Å². The maximum absolute atomic E-state index is 12.5. The molecule has 0 radical (unpaired) electrons. The van der Waals surface area contributed by atoms with Gasteiger partial charge in [0.2, 0.25) is 0 Å². The number of urea groups is 1. The van der Waals surface area contributed by atoms with Crippen LogP contribution < -0.4 is 5.32 Å². The van der Waals surface area contributed by atoms with Crippen LogP contribution in [0.5, 0.6) is 0 Å². The number of piperidine rings is 1. The second kappa shape index (κ2) is 6.75. The molecule has 1 aliphatic rings. The van der Waals surface area contributed by atoms with Crippen LogP contribution in [-0.4, -0.2) is 41.7 Å². The van der Waals surface area contributed by atoms with Gasteiger partial charge in [0.25, 0.3) is 0 Å². The number of amides is 2. The van der Waals surface area contributed by atoms with Gasteiger partial charge in [-0.15, -0.1) is 0 Å². The van der Waals surface area contributed by atoms with Crippen LogP contribution in [0.25, 0.3) is 10.9 Å². The standard InChI is InChI=1S/C17H21N3O2/c1-2-22-14-8-5-11-20(12-14)17(21)19-15-9-3-6-13-7-4-10-18-16(13)15/h3-4,6-7,9-10,14H,2,5,8,11-12H2,1H3,(H,19,21)/t14-/m1/s1. The average Bonchev–Trinajstić information content (AvgIpc) is 2.56. The SMILES string of the molecule is CCO[C@@H]1CCCN(C(=O)Nc2cccc3cccnc23)C1. The molecule has 0 aliphatic carbocycles. The monoisotopic (exact) mass is 299 g/mol. The number of carbonyl (C=O) groups excluding carboxylic acids is 1. The third-order valence-corrected chi connectivity index (χ3v) is 3.94. The molecule has 1 fully saturated rings. The molecule has 1 aliphatic heterocycles. The van der Waals surface area contributed by atoms with Gasteiger partial charge in [-0.25, -0.2) is 4.79 Å². The average molecular weight is 299 g/mol. The minimum atomic E-state index is -0.0810. The predicted octanol–water partition coefficient (Wildman–Crippen LogP) is 3.27. The number of ether oxygens (including phenoxy) is 1. The third-order valence-electron chi connectivity index (χ3n) is 3.94. The van der Waals surface area contributed by atoms with Gasteiger partial charge in [-0.1, -0.05) is 18.2 Å². The van der Waals surface area contributed by atoms with Crippen molar-refractivity contribution in [2.24, 2.45) is 0 Å². The Morgan fingerprint density at radius 1 is 1.41 bits per heavy atom. The summed E-state index contributed by atoms with van der Waals surface area (Å²) >= 11 is 0. The summed E-state index contributed by atoms with van der Waals surface area (Å²) < 4.78 is 5.65. The van der Waals surface area contributed by atoms with E-state index in [4.69, 9.17) is 4.74 Å². The molecule has 0 saturated carbocycles. The topological polar surface area (TPSA) is 54.5 Å². The van der Waals surface area contributed by atoms with Crippen LogP contribution >= 0.6 is 0 Å². The van der Waals surface area contributed by atoms with E-state index in [9.17, 15) is 4.79 Å². The van der Waals surface area contributed by atoms with E-state index in [1.807, 2.05) is 42.2 Å². The molecule has 22 heavy (non-hydrogen) atoms. The number of para-hydroxylation sites is 1. The molecule has 2 heterocycles. The number of likely N-dealkylation sites (tertiary alicyclic amines) is 1. The van der Waals surface area contributed by atoms with Crippen molar-refractivity contribution in [3.8, 4) is 0 Å². The maximum Gasteiger partial charge on any atom is 0.321 e. The van der Waals surface area contributed by atoms with Gasteiger partial charge in [-0.3, -0.25) is 4.98 Å². The van der Waals surface area contributed by atoms with Gasteiger partial charge in [0.1, 0.15) is 0 Å². The summed E-state index contributed by atoms with van der Waals surface area (Å²) in [6, 6.07) is 9.61. The zero-order valence-corrected chi connectivity index (χ0v) is 12.8. The Kier molecular flexibility index (Phi) is 4.53. The summed E-state index contributed by atoms with van der Waals surface area (Å²) in [7, 11) is 0. The van der Waals surface area contributed by atoms with Crippen LogP contribution in [0.1, 0.15) is 19.8 Å². The first-order chi connectivity index (χ1) is 10.8. The van der Waals surface area contributed by atoms with Crippen LogP contribution in [-0.2, 0) is 4.74 Å². The van der Waals surface area contributed by atoms with Gasteiger partial charge < -0.3 is 15.0 Å². The van der Waals surface area contributed by atoms with E-state index in [1.54, 1.807) is 6.20 Å². The molecule has 1 aromatic carbocycles. The lowest BCUT2D eigenvalue weighted by atomic mass is 10.1. The minimum absolute atomic E-state index is 0.0810. The molecule has 0 unspecified atom stereocenters. The van der Waals surface area contributed by atoms with Gasteiger partial charge in [-0.2, -0.15) is 0 Å². The summed E-state index contributed by atoms with van der Waals surface area (Å²) in [5.74, 6) is 0. The Balaban J connectivity index is 1.73. The molecule has 116 valence electrons. The van der Waals surface area contributed by atoms with Gasteiger partial charge in [0, 0.05) is 31.3 Å². The maximum atomic E-state index is 12.5. The van der Waals surface area contributed by atoms with Crippen LogP contribution in [0.15, 0.2) is 36.5 Å². The number of benzene rings is 1. The number of nitrogens with zero attached hydrogens (tertiary/aromatic N) is 2. The lowest BCUT2D eigenvalue weighted by Gasteiger charge is -2.32. The Bertz CT molecular complexity index is 652. The van der Waals surface area contributed by atoms with Crippen molar-refractivity contribution in [3.05, 3.63) is 36.5 Å². The number of pyridine rings is 1. The highest BCUT2D eigenvalue weighted by Crippen LogP contribution is 2.22. The Morgan fingerprint density at radius 3 is 3.14 bits per heavy atom. The van der Waals surface area contributed by atoms with Crippen LogP contribution in [0.2, 0.25) is 0 Å². The quantitative estimate of drug-likeness (QED) is 0.946. The van der Waals surface area contributed by atoms with E-state index in [-0.39, 0.29) is 12.1 Å². The number of rotatable bonds is 3. The van der Waals surface area contributed by atoms with E-state index in [0.29, 0.717) is 13.2 Å². The first-order valence-corrected chi connectivity index (χ1v) is 7.79. The molecule has 1 saturated heterocycles. The van der Waals surface area contributed by atoms with E-state index >= 15 is 0 Å². The third kappa shape index (κ3) is 3.20. The fourth-order valence-corrected chi connectivity index (χ4v) is 2.89. The van der Waals surface area contributed by atoms with E-state index in [1.165, 1.54) is 0 Å². The van der Waals surface area contributed by atoms with Crippen LogP contribution in [0.4, 0.5) is 10.5 Å². The minimum Gasteiger partial charge on any atom is -0.377 e. The van der Waals surface area contributed by atoms with Crippen molar-refractivity contribution in [3.63, 3.8) is 0 Å². The lowest BCUT2D eigenvalue weighted by molar-refractivity contribution is 0.0181. The number of hydrogen-bond donors (Lipinski definition) is 1. The van der Waals surface area contributed by atoms with Crippen molar-refractivity contribution in [1.82, 2.24) is 9.88 Å². The first kappa shape index (κ1) is 14.8. The second-order valence-electron chi connectivity index (χ2n) is 5.48. The molecule has 1 atom stereocenters. The summed E-state index contributed by atoms with van der Waals surface area (Å²) in [5.41, 5.74) is 1.57. The molecule has 2 amide bonds. The highest BCUT2D eigenvalue weighted by Gasteiger charge is 2.24. The molecule has 3 rings (SSSR count). The Hall–Kier alpha value is -2.14. The van der Waals surface area contributed by atoms with E-state index < -0.39 is 0 Å². The van der Waals surface area contributed by atoms with Crippen molar-refractivity contribution in [2.45, 2.75) is 25.9 Å². The zero-order chi connectivity index (χ0) is 15.4. The highest BCUT2D eigenvalue weighted by atomic mass is 16.5. The molecule has 2 aromatic rings. The van der Waals surface area contributed by atoms with Crippen LogP contribution in [0, 0.1) is 0 Å². The molecule has 1 N–H and O–H groups in total. The number of fused-ring (bicyclic) bond motifs is 1. The summed E-state index contributed by atoms with van der Waals surface area (Å²) in [6.45, 7) is 4.10. The predicted molar refractivity (Wildman–Crippen MR) is 87.0 cm³/mol. The van der Waals surface area contributed by atoms with Crippen molar-refractivity contribution < 1.29 is 9.53 Å². The second-order valence-corrected chi connectivity index (χ2v) is 5.48. The molecule has 5 heteroatoms. The molecule has 5 nitrogen and oxygen atoms in total. The van der Waals surface area contributed by atoms with E-state index in [0.717, 1.165) is 36.0 Å². The van der Waals surface area contributed by atoms with Crippen molar-refractivity contribution in [1.29, 1.82) is 0 Å². The van der Waals surface area contributed by atoms with Gasteiger partial charge >= 0.3 is 6.03 Å². The zero-order valence-electron chi connectivity index (χ0n) is 12.8. The Labute approximate surface area is 130 Å². The number of hydrogen-bond acceptors (Lipinski definition) is 3. The highest BCUT2D eigenvalue weighted by molar-refractivity contribution is 5.99. The molecular weight excluding hydrogens is 278 g/mol. The molecule has 1 aromatic heterocycles. The number of aromatic nitrogens is 1. The van der Waals surface area contributed by atoms with Gasteiger partial charge in [-0.05, 0) is 31.9 Å². The smallest absolute Gasteiger partial charge is 0.321 e. The summed E-state index contributed by atoms with van der Waals surface area (Å²) in [6.07, 6.45) is 3.89. The van der Waals surface area contributed by atoms with Crippen molar-refractivity contribution in [2.75, 3.05) is 25.0 Å². The fourth-order valence-electron chi connectivity index (χ4n) is 2.89.